The Balaban J connectivity index is 1.64. The Morgan fingerprint density at radius 2 is 0.254 bits per heavy atom. The quantitative estimate of drug-likeness (QED) is 0.0235. The van der Waals surface area contributed by atoms with E-state index in [0.717, 1.165) is 0 Å². The SMILES string of the molecule is CC(OOB(OOC(C)(c1c(F)c(F)c(C(F)(F)F)c(F)c1F)C(c1cc(C(F)(F)F)cc(C(F)(F)F)c1)c1cc(C(F)(F)F)cc(C(F)(F)F)c1)OOC(C)(c1c(F)c(F)c(C(F)(F)F)c(F)c1F)C(c1cc(C(F)(F)F)cc(C(F)(F)F)c1)c1cc(C(F)(F)F)cc(C(F)(F)F)c1)(c1c(F)c(F)c(C(F)(F)F)c(F)c1F)C(c1cc(C(F)(F)F)cc(C(F)(F)F)c1)c1cc(C(F)(F)F)cc(C(F)(F)F)c1. The van der Waals surface area contributed by atoms with Crippen LogP contribution in [0.15, 0.2) is 109 Å². The molecule has 0 amide bonds. The Bertz CT molecular complexity index is 5180. The maximum Gasteiger partial charge on any atom is 0.725 e. The first-order valence-corrected chi connectivity index (χ1v) is 36.1. The minimum atomic E-state index is -7.23. The summed E-state index contributed by atoms with van der Waals surface area (Å²) < 4.78 is 884. The van der Waals surface area contributed by atoms with Crippen molar-refractivity contribution in [1.29, 1.82) is 0 Å². The fourth-order valence-electron chi connectivity index (χ4n) is 14.5. The number of benzene rings is 9. The molecule has 0 saturated carbocycles. The van der Waals surface area contributed by atoms with Gasteiger partial charge in [0.2, 0.25) is 0 Å². The predicted octanol–water partition coefficient (Wildman–Crippen LogP) is 32.0. The summed E-state index contributed by atoms with van der Waals surface area (Å²) >= 11 is 0. The minimum Gasteiger partial charge on any atom is -0.235 e. The Morgan fingerprint density at radius 1 is 0.155 bits per heavy atom. The molecule has 64 heteroatoms. The van der Waals surface area contributed by atoms with Crippen molar-refractivity contribution in [3.63, 3.8) is 0 Å². The van der Waals surface area contributed by atoms with Crippen LogP contribution in [0.4, 0.5) is 250 Å². The van der Waals surface area contributed by atoms with E-state index in [1.165, 1.54) is 0 Å². The molecule has 9 aromatic carbocycles. The molecule has 142 heavy (non-hydrogen) atoms. The molecule has 0 aromatic heterocycles. The number of alkyl halides is 45. The van der Waals surface area contributed by atoms with Crippen LogP contribution in [-0.4, -0.2) is 7.32 Å². The molecule has 0 aliphatic rings. The van der Waals surface area contributed by atoms with Gasteiger partial charge in [-0.3, -0.25) is 0 Å². The molecule has 0 saturated heterocycles. The summed E-state index contributed by atoms with van der Waals surface area (Å²) in [5.41, 5.74) is -100. The molecule has 0 bridgehead atoms. The number of hydrogen-bond donors (Lipinski definition) is 0. The molecule has 3 unspecified atom stereocenters. The average molecular weight is 2160 g/mol. The molecule has 0 heterocycles. The van der Waals surface area contributed by atoms with E-state index in [1.807, 2.05) is 0 Å². The summed E-state index contributed by atoms with van der Waals surface area (Å²) in [6.45, 7) is -3.59. The molecule has 9 aromatic rings. The van der Waals surface area contributed by atoms with Gasteiger partial charge in [-0.1, -0.05) is 0 Å². The molecule has 780 valence electrons. The Hall–Kier alpha value is -11.2. The maximum absolute atomic E-state index is 17.6. The lowest BCUT2D eigenvalue weighted by molar-refractivity contribution is -0.414. The monoisotopic (exact) mass is 2160 g/mol. The lowest BCUT2D eigenvalue weighted by Crippen LogP contribution is -2.45. The maximum atomic E-state index is 17.6. The standard InChI is InChI=1S/C78H30BF57O6/c1-61(43-49(80)55(86)46(76(128,129)130)56(87)50(43)81,40(22-4-28(64(92,93)94)16-29(5-22)65(95,96)97)23-6-30(66(98,99)100)17-31(7-23)67(101,102)103)137-140-79(141-138-62(2,44-51(82)57(88)47(77(131,132)133)58(89)52(44)83)41(24-8-32(68(104,105)106)18-33(9-24)69(107,108)109)25-10-34(70(110,111)112)19-35(11-25)71(113,114)115)142-139-63(3,45-53(84)59(90)48(78(134,135)136)60(91)54(45)85)42(26-12-36(72(116,117)118)20-37(13-26)73(119,120)121)27-14-38(74(122,123)124)21-39(15-27)75(125,126)127/h4-21,40-42H,1-3H3. The lowest BCUT2D eigenvalue weighted by Gasteiger charge is -2.41. The number of hydrogen-bond acceptors (Lipinski definition) is 6. The lowest BCUT2D eigenvalue weighted by atomic mass is 9.72. The first-order chi connectivity index (χ1) is 63.5. The van der Waals surface area contributed by atoms with E-state index >= 15 is 211 Å². The van der Waals surface area contributed by atoms with E-state index < -0.39 is 468 Å². The van der Waals surface area contributed by atoms with Gasteiger partial charge in [0.25, 0.3) is 0 Å². The van der Waals surface area contributed by atoms with Crippen LogP contribution in [0.5, 0.6) is 0 Å². The first kappa shape index (κ1) is 114. The van der Waals surface area contributed by atoms with Crippen LogP contribution in [-0.2, 0) is 139 Å². The topological polar surface area (TPSA) is 55.4 Å². The van der Waals surface area contributed by atoms with Gasteiger partial charge in [0.1, 0.15) is 33.5 Å². The second-order valence-electron chi connectivity index (χ2n) is 30.0. The van der Waals surface area contributed by atoms with Gasteiger partial charge in [-0.05, 0) is 163 Å². The summed E-state index contributed by atoms with van der Waals surface area (Å²) in [5.74, 6) is -67.7. The van der Waals surface area contributed by atoms with E-state index in [1.54, 1.807) is 0 Å². The van der Waals surface area contributed by atoms with Gasteiger partial charge in [-0.15, -0.1) is 0 Å². The van der Waals surface area contributed by atoms with E-state index in [2.05, 4.69) is 29.1 Å². The van der Waals surface area contributed by atoms with Crippen LogP contribution in [0.1, 0.15) is 172 Å². The van der Waals surface area contributed by atoms with Crippen molar-refractivity contribution in [1.82, 2.24) is 0 Å². The normalized spacial score (nSPS) is 15.1. The van der Waals surface area contributed by atoms with Gasteiger partial charge in [0.15, 0.2) is 69.8 Å². The largest absolute Gasteiger partial charge is 0.725 e. The molecular formula is C78H30BF57O6. The van der Waals surface area contributed by atoms with Gasteiger partial charge in [0.05, 0.1) is 83.5 Å². The molecule has 9 rings (SSSR count). The smallest absolute Gasteiger partial charge is 0.235 e. The van der Waals surface area contributed by atoms with Gasteiger partial charge >= 0.3 is 100.0 Å². The highest BCUT2D eigenvalue weighted by Crippen LogP contribution is 2.60. The van der Waals surface area contributed by atoms with Crippen molar-refractivity contribution >= 4 is 7.32 Å². The fourth-order valence-corrected chi connectivity index (χ4v) is 14.5. The van der Waals surface area contributed by atoms with E-state index in [9.17, 15) is 39.5 Å². The van der Waals surface area contributed by atoms with E-state index in [-0.39, 0.29) is 0 Å². The van der Waals surface area contributed by atoms with Crippen molar-refractivity contribution in [3.8, 4) is 0 Å². The van der Waals surface area contributed by atoms with Crippen LogP contribution < -0.4 is 0 Å². The van der Waals surface area contributed by atoms with Gasteiger partial charge in [0, 0.05) is 17.8 Å². The summed E-state index contributed by atoms with van der Waals surface area (Å²) in [7, 11) is -5.99. The molecule has 0 fully saturated rings. The van der Waals surface area contributed by atoms with Crippen molar-refractivity contribution < 1.29 is 279 Å². The highest BCUT2D eigenvalue weighted by atomic mass is 19.5. The molecular weight excluding hydrogens is 2130 g/mol. The van der Waals surface area contributed by atoms with Crippen molar-refractivity contribution in [2.24, 2.45) is 0 Å². The molecule has 3 atom stereocenters. The van der Waals surface area contributed by atoms with Crippen molar-refractivity contribution in [2.75, 3.05) is 0 Å². The van der Waals surface area contributed by atoms with Crippen LogP contribution in [0, 0.1) is 69.8 Å². The number of halogens is 57. The summed E-state index contributed by atoms with van der Waals surface area (Å²) in [6.07, 6.45) is -103. The van der Waals surface area contributed by atoms with Crippen molar-refractivity contribution in [3.05, 3.63) is 313 Å². The number of rotatable bonds is 21. The average Bonchev–Trinajstić information content (AvgIpc) is 0.725. The second-order valence-corrected chi connectivity index (χ2v) is 30.0. The third-order valence-corrected chi connectivity index (χ3v) is 20.3. The zero-order valence-electron chi connectivity index (χ0n) is 66.7. The third kappa shape index (κ3) is 23.3. The zero-order chi connectivity index (χ0) is 109. The molecule has 0 spiro atoms. The van der Waals surface area contributed by atoms with Gasteiger partial charge < -0.3 is 0 Å². The van der Waals surface area contributed by atoms with E-state index in [4.69, 9.17) is 0 Å². The van der Waals surface area contributed by atoms with Gasteiger partial charge in [-0.2, -0.15) is 198 Å². The van der Waals surface area contributed by atoms with Crippen LogP contribution in [0.2, 0.25) is 0 Å². The Labute approximate surface area is 745 Å². The Morgan fingerprint density at radius 3 is 0.345 bits per heavy atom. The Kier molecular flexibility index (Phi) is 29.9. The fraction of sp³-hybridized carbons (Fsp3) is 0.308. The molecule has 0 N–H and O–H groups in total. The van der Waals surface area contributed by atoms with Gasteiger partial charge in [-0.25, -0.2) is 81.8 Å². The van der Waals surface area contributed by atoms with Crippen LogP contribution in [0.25, 0.3) is 0 Å². The summed E-state index contributed by atoms with van der Waals surface area (Å²) in [6, 6.07) is -23.2. The van der Waals surface area contributed by atoms with Crippen LogP contribution in [0.3, 0.4) is 0 Å². The minimum absolute atomic E-state index is 1.20. The second kappa shape index (κ2) is 37.1. The zero-order valence-corrected chi connectivity index (χ0v) is 66.7. The summed E-state index contributed by atoms with van der Waals surface area (Å²) in [5, 5.41) is 0. The molecule has 0 aliphatic carbocycles. The molecule has 0 radical (unpaired) electrons. The third-order valence-electron chi connectivity index (χ3n) is 20.3. The van der Waals surface area contributed by atoms with Crippen molar-refractivity contribution in [2.45, 2.75) is 148 Å². The van der Waals surface area contributed by atoms with Crippen LogP contribution >= 0.6 is 0 Å². The molecule has 6 nitrogen and oxygen atoms in total. The van der Waals surface area contributed by atoms with E-state index in [0.29, 0.717) is 0 Å². The molecule has 0 aliphatic heterocycles. The summed E-state index contributed by atoms with van der Waals surface area (Å²) in [4.78, 5) is 26.6. The first-order valence-electron chi connectivity index (χ1n) is 36.1. The highest BCUT2D eigenvalue weighted by Gasteiger charge is 2.61. The highest BCUT2D eigenvalue weighted by molar-refractivity contribution is 6.35. The predicted molar refractivity (Wildman–Crippen MR) is 352 cm³/mol.